The minimum Gasteiger partial charge on any atom is -0.465 e. The van der Waals surface area contributed by atoms with E-state index in [2.05, 4.69) is 29.1 Å². The van der Waals surface area contributed by atoms with Crippen LogP contribution in [0, 0.1) is 18.8 Å². The maximum absolute atomic E-state index is 14.9. The monoisotopic (exact) mass is 656 g/mol. The third-order valence-corrected chi connectivity index (χ3v) is 9.68. The molecule has 3 aliphatic heterocycles. The third kappa shape index (κ3) is 4.90. The fourth-order valence-corrected chi connectivity index (χ4v) is 8.12. The van der Waals surface area contributed by atoms with Crippen LogP contribution in [0.1, 0.15) is 30.0 Å². The van der Waals surface area contributed by atoms with Crippen molar-refractivity contribution >= 4 is 51.0 Å². The van der Waals surface area contributed by atoms with Gasteiger partial charge in [0.15, 0.2) is 0 Å². The molecule has 1 N–H and O–H groups in total. The smallest absolute Gasteiger partial charge is 0.312 e. The molecule has 2 bridgehead atoms. The van der Waals surface area contributed by atoms with Crippen LogP contribution in [-0.4, -0.2) is 70.1 Å². The molecule has 2 aromatic carbocycles. The molecule has 3 aliphatic rings. The molecule has 2 amide bonds. The molecule has 42 heavy (non-hydrogen) atoms. The minimum atomic E-state index is -1.34. The number of alkyl halides is 1. The highest BCUT2D eigenvalue weighted by atomic mass is 79.9. The summed E-state index contributed by atoms with van der Waals surface area (Å²) in [4.78, 5) is 45.6. The second-order valence-corrected chi connectivity index (χ2v) is 12.5. The first-order chi connectivity index (χ1) is 20.2. The maximum atomic E-state index is 14.9. The van der Waals surface area contributed by atoms with Crippen molar-refractivity contribution in [1.82, 2.24) is 4.90 Å². The average molecular weight is 658 g/mol. The quantitative estimate of drug-likeness (QED) is 0.162. The number of likely N-dealkylation sites (tertiary alicyclic amines) is 1. The number of amides is 2. The number of ether oxygens (including phenoxy) is 2. The normalized spacial score (nSPS) is 28.3. The summed E-state index contributed by atoms with van der Waals surface area (Å²) >= 11 is 10.3. The number of esters is 1. The Kier molecular flexibility index (Phi) is 8.94. The van der Waals surface area contributed by atoms with E-state index >= 15 is 0 Å². The molecule has 0 saturated carbocycles. The van der Waals surface area contributed by atoms with Crippen molar-refractivity contribution in [1.29, 1.82) is 0 Å². The van der Waals surface area contributed by atoms with Crippen molar-refractivity contribution in [2.24, 2.45) is 11.8 Å². The maximum Gasteiger partial charge on any atom is 0.312 e. The number of para-hydroxylation sites is 1. The molecule has 222 valence electrons. The second kappa shape index (κ2) is 12.3. The van der Waals surface area contributed by atoms with Crippen LogP contribution in [0.3, 0.4) is 0 Å². The highest BCUT2D eigenvalue weighted by Crippen LogP contribution is 2.61. The molecule has 0 radical (unpaired) electrons. The highest BCUT2D eigenvalue weighted by molar-refractivity contribution is 9.09. The summed E-state index contributed by atoms with van der Waals surface area (Å²) < 4.78 is 12.2. The van der Waals surface area contributed by atoms with Crippen LogP contribution in [0.15, 0.2) is 73.8 Å². The fraction of sp³-hybridized carbons (Fsp3) is 0.406. The molecule has 0 aromatic heterocycles. The number of hydrogen-bond donors (Lipinski definition) is 1. The van der Waals surface area contributed by atoms with Crippen LogP contribution in [0.4, 0.5) is 5.69 Å². The molecule has 2 aromatic rings. The Morgan fingerprint density at radius 1 is 1.24 bits per heavy atom. The van der Waals surface area contributed by atoms with Gasteiger partial charge >= 0.3 is 5.97 Å². The van der Waals surface area contributed by atoms with Crippen molar-refractivity contribution < 1.29 is 29.0 Å². The van der Waals surface area contributed by atoms with E-state index in [9.17, 15) is 19.5 Å². The molecule has 10 heteroatoms. The van der Waals surface area contributed by atoms with E-state index in [1.54, 1.807) is 36.4 Å². The van der Waals surface area contributed by atoms with E-state index in [1.165, 1.54) is 9.80 Å². The van der Waals surface area contributed by atoms with Crippen molar-refractivity contribution in [3.05, 3.63) is 90.0 Å². The number of aliphatic hydroxyl groups excluding tert-OH is 1. The van der Waals surface area contributed by atoms with Crippen molar-refractivity contribution in [3.63, 3.8) is 0 Å². The van der Waals surface area contributed by atoms with Gasteiger partial charge in [0, 0.05) is 11.4 Å². The van der Waals surface area contributed by atoms with Gasteiger partial charge in [0.05, 0.1) is 47.9 Å². The van der Waals surface area contributed by atoms with Crippen LogP contribution >= 0.6 is 27.5 Å². The van der Waals surface area contributed by atoms with Crippen LogP contribution in [0.5, 0.6) is 0 Å². The van der Waals surface area contributed by atoms with Gasteiger partial charge < -0.3 is 24.4 Å². The Hall–Kier alpha value is -2.98. The van der Waals surface area contributed by atoms with Gasteiger partial charge in [0.25, 0.3) is 5.91 Å². The molecule has 7 atom stereocenters. The summed E-state index contributed by atoms with van der Waals surface area (Å²) in [6.07, 6.45) is 3.36. The number of hydrogen-bond acceptors (Lipinski definition) is 6. The zero-order valence-corrected chi connectivity index (χ0v) is 25.7. The number of anilines is 1. The van der Waals surface area contributed by atoms with Crippen molar-refractivity contribution in [2.45, 2.75) is 48.4 Å². The van der Waals surface area contributed by atoms with Gasteiger partial charge in [-0.25, -0.2) is 0 Å². The minimum absolute atomic E-state index is 0.117. The predicted octanol–water partition coefficient (Wildman–Crippen LogP) is 4.77. The largest absolute Gasteiger partial charge is 0.465 e. The molecule has 3 fully saturated rings. The Morgan fingerprint density at radius 2 is 1.98 bits per heavy atom. The first kappa shape index (κ1) is 30.5. The third-order valence-electron chi connectivity index (χ3n) is 8.53. The SMILES string of the molecule is C=CCCOC(=O)[C@H]1[C@H]2C(=O)N([C@H](CO)c3ccccc3)C(C(=O)N(CC=C)c3c(C)cccc3Cl)C23CC(Br)[C@@H]1O3. The Bertz CT molecular complexity index is 1370. The second-order valence-electron chi connectivity index (χ2n) is 10.9. The molecule has 3 heterocycles. The van der Waals surface area contributed by atoms with Crippen LogP contribution < -0.4 is 4.90 Å². The summed E-state index contributed by atoms with van der Waals surface area (Å²) in [5, 5.41) is 11.1. The lowest BCUT2D eigenvalue weighted by molar-refractivity contribution is -0.155. The van der Waals surface area contributed by atoms with E-state index in [4.69, 9.17) is 21.1 Å². The van der Waals surface area contributed by atoms with Crippen LogP contribution in [-0.2, 0) is 23.9 Å². The number of aryl methyl sites for hydroxylation is 1. The fourth-order valence-electron chi connectivity index (χ4n) is 6.85. The van der Waals surface area contributed by atoms with E-state index in [-0.39, 0.29) is 18.0 Å². The van der Waals surface area contributed by atoms with Crippen molar-refractivity contribution in [3.8, 4) is 0 Å². The lowest BCUT2D eigenvalue weighted by Gasteiger charge is -2.40. The highest BCUT2D eigenvalue weighted by Gasteiger charge is 2.77. The Labute approximate surface area is 259 Å². The molecule has 0 aliphatic carbocycles. The number of nitrogens with zero attached hydrogens (tertiary/aromatic N) is 2. The van der Waals surface area contributed by atoms with Gasteiger partial charge in [-0.3, -0.25) is 14.4 Å². The van der Waals surface area contributed by atoms with Gasteiger partial charge in [0.1, 0.15) is 11.6 Å². The molecule has 8 nitrogen and oxygen atoms in total. The summed E-state index contributed by atoms with van der Waals surface area (Å²) in [5.74, 6) is -3.32. The van der Waals surface area contributed by atoms with E-state index in [0.29, 0.717) is 29.1 Å². The molecular weight excluding hydrogens is 624 g/mol. The summed E-state index contributed by atoms with van der Waals surface area (Å²) in [6.45, 7) is 9.18. The van der Waals surface area contributed by atoms with Gasteiger partial charge in [-0.2, -0.15) is 0 Å². The number of aliphatic hydroxyl groups is 1. The van der Waals surface area contributed by atoms with Gasteiger partial charge in [-0.1, -0.05) is 82.1 Å². The van der Waals surface area contributed by atoms with Gasteiger partial charge in [0.2, 0.25) is 5.91 Å². The number of halogens is 2. The van der Waals surface area contributed by atoms with Crippen molar-refractivity contribution in [2.75, 3.05) is 24.7 Å². The van der Waals surface area contributed by atoms with Gasteiger partial charge in [-0.15, -0.1) is 13.2 Å². The lowest BCUT2D eigenvalue weighted by atomic mass is 9.70. The Balaban J connectivity index is 1.66. The molecular formula is C32H34BrClN2O6. The van der Waals surface area contributed by atoms with Crippen LogP contribution in [0.2, 0.25) is 5.02 Å². The van der Waals surface area contributed by atoms with Gasteiger partial charge in [-0.05, 0) is 37.0 Å². The first-order valence-electron chi connectivity index (χ1n) is 14.0. The summed E-state index contributed by atoms with van der Waals surface area (Å²) in [7, 11) is 0. The molecule has 1 spiro atoms. The molecule has 5 rings (SSSR count). The van der Waals surface area contributed by atoms with E-state index < -0.39 is 60.0 Å². The topological polar surface area (TPSA) is 96.4 Å². The predicted molar refractivity (Wildman–Crippen MR) is 163 cm³/mol. The molecule has 3 unspecified atom stereocenters. The number of carbonyl (C=O) groups is 3. The zero-order valence-electron chi connectivity index (χ0n) is 23.3. The van der Waals surface area contributed by atoms with Crippen LogP contribution in [0.25, 0.3) is 0 Å². The zero-order chi connectivity index (χ0) is 30.2. The van der Waals surface area contributed by atoms with E-state index in [1.807, 2.05) is 31.2 Å². The number of fused-ring (bicyclic) bond motifs is 1. The lowest BCUT2D eigenvalue weighted by Crippen LogP contribution is -2.57. The first-order valence-corrected chi connectivity index (χ1v) is 15.3. The Morgan fingerprint density at radius 3 is 2.62 bits per heavy atom. The van der Waals surface area contributed by atoms with E-state index in [0.717, 1.165) is 5.56 Å². The summed E-state index contributed by atoms with van der Waals surface area (Å²) in [6, 6.07) is 12.4. The standard InChI is InChI=1S/C32H34BrClN2O6/c1-4-6-16-41-31(40)24-25-29(38)36(23(18-37)20-12-8-7-9-13-20)28(32(25)17-21(33)27(24)42-32)30(39)35(15-5-2)26-19(3)11-10-14-22(26)34/h4-5,7-14,21,23-25,27-28,37H,1-2,6,15-18H2,3H3/t21?,23-,24+,25+,27+,28?,32?/m1/s1. The number of benzene rings is 2. The number of rotatable bonds is 11. The molecule has 3 saturated heterocycles. The average Bonchev–Trinajstić information content (AvgIpc) is 3.57. The summed E-state index contributed by atoms with van der Waals surface area (Å²) in [5.41, 5.74) is 0.580. The number of carbonyl (C=O) groups excluding carboxylic acids is 3.